The molecule has 0 bridgehead atoms. The van der Waals surface area contributed by atoms with Crippen molar-refractivity contribution in [1.29, 1.82) is 0 Å². The number of carbonyl (C=O) groups excluding carboxylic acids is 1. The maximum Gasteiger partial charge on any atom is 0.230 e. The second-order valence-electron chi connectivity index (χ2n) is 4.58. The van der Waals surface area contributed by atoms with Crippen LogP contribution < -0.4 is 10.1 Å². The molecule has 0 radical (unpaired) electrons. The van der Waals surface area contributed by atoms with Gasteiger partial charge >= 0.3 is 0 Å². The number of amides is 1. The lowest BCUT2D eigenvalue weighted by atomic mass is 10.0. The van der Waals surface area contributed by atoms with Crippen molar-refractivity contribution in [3.8, 4) is 5.75 Å². The van der Waals surface area contributed by atoms with E-state index in [4.69, 9.17) is 4.74 Å². The molecule has 3 heteroatoms. The Kier molecular flexibility index (Phi) is 2.86. The van der Waals surface area contributed by atoms with Crippen molar-refractivity contribution in [1.82, 2.24) is 0 Å². The minimum absolute atomic E-state index is 0.0275. The van der Waals surface area contributed by atoms with E-state index < -0.39 is 0 Å². The first-order valence-corrected chi connectivity index (χ1v) is 5.66. The van der Waals surface area contributed by atoms with Crippen LogP contribution in [0.4, 0.5) is 5.69 Å². The molecule has 16 heavy (non-hydrogen) atoms. The van der Waals surface area contributed by atoms with Crippen molar-refractivity contribution in [2.75, 3.05) is 11.9 Å². The molecule has 0 saturated heterocycles. The number of benzene rings is 1. The van der Waals surface area contributed by atoms with Crippen molar-refractivity contribution in [3.63, 3.8) is 0 Å². The summed E-state index contributed by atoms with van der Waals surface area (Å²) in [6.45, 7) is 6.56. The van der Waals surface area contributed by atoms with E-state index >= 15 is 0 Å². The first-order valence-electron chi connectivity index (χ1n) is 5.66. The smallest absolute Gasteiger partial charge is 0.230 e. The molecule has 0 aliphatic carbocycles. The van der Waals surface area contributed by atoms with Gasteiger partial charge in [0.1, 0.15) is 5.75 Å². The molecule has 1 aromatic carbocycles. The van der Waals surface area contributed by atoms with Gasteiger partial charge in [-0.2, -0.15) is 0 Å². The van der Waals surface area contributed by atoms with E-state index in [1.54, 1.807) is 0 Å². The molecule has 1 atom stereocenters. The van der Waals surface area contributed by atoms with Crippen LogP contribution >= 0.6 is 0 Å². The zero-order valence-electron chi connectivity index (χ0n) is 9.91. The first-order chi connectivity index (χ1) is 7.59. The highest BCUT2D eigenvalue weighted by atomic mass is 16.5. The van der Waals surface area contributed by atoms with Crippen LogP contribution in [0.25, 0.3) is 0 Å². The fraction of sp³-hybridized carbons (Fsp3) is 0.462. The Morgan fingerprint density at radius 3 is 2.88 bits per heavy atom. The summed E-state index contributed by atoms with van der Waals surface area (Å²) in [5.41, 5.74) is 1.94. The standard InChI is InChI=1S/C13H17NO2/c1-8(2)10-5-4-6-11-12(10)16-7-9(3)13(15)14-11/h4-6,8-9H,7H2,1-3H3,(H,14,15). The Morgan fingerprint density at radius 1 is 1.44 bits per heavy atom. The van der Waals surface area contributed by atoms with E-state index in [1.807, 2.05) is 25.1 Å². The average Bonchev–Trinajstić information content (AvgIpc) is 2.39. The molecule has 0 fully saturated rings. The molecule has 1 aliphatic heterocycles. The molecule has 0 saturated carbocycles. The second kappa shape index (κ2) is 4.16. The third kappa shape index (κ3) is 1.90. The topological polar surface area (TPSA) is 38.3 Å². The summed E-state index contributed by atoms with van der Waals surface area (Å²) in [5, 5.41) is 2.90. The van der Waals surface area contributed by atoms with E-state index in [0.717, 1.165) is 17.0 Å². The molecule has 1 aliphatic rings. The maximum atomic E-state index is 11.7. The lowest BCUT2D eigenvalue weighted by Crippen LogP contribution is -2.21. The molecule has 3 nitrogen and oxygen atoms in total. The van der Waals surface area contributed by atoms with Crippen LogP contribution in [0.1, 0.15) is 32.3 Å². The van der Waals surface area contributed by atoms with Crippen LogP contribution in [0, 0.1) is 5.92 Å². The zero-order valence-corrected chi connectivity index (χ0v) is 9.91. The summed E-state index contributed by atoms with van der Waals surface area (Å²) in [4.78, 5) is 11.7. The van der Waals surface area contributed by atoms with E-state index in [1.165, 1.54) is 0 Å². The summed E-state index contributed by atoms with van der Waals surface area (Å²) >= 11 is 0. The van der Waals surface area contributed by atoms with E-state index in [2.05, 4.69) is 19.2 Å². The van der Waals surface area contributed by atoms with Crippen molar-refractivity contribution in [2.45, 2.75) is 26.7 Å². The Balaban J connectivity index is 2.44. The van der Waals surface area contributed by atoms with E-state index in [-0.39, 0.29) is 11.8 Å². The van der Waals surface area contributed by atoms with Crippen molar-refractivity contribution < 1.29 is 9.53 Å². The predicted molar refractivity (Wildman–Crippen MR) is 63.8 cm³/mol. The lowest BCUT2D eigenvalue weighted by Gasteiger charge is -2.14. The van der Waals surface area contributed by atoms with Gasteiger partial charge in [-0.25, -0.2) is 0 Å². The van der Waals surface area contributed by atoms with Crippen LogP contribution in [-0.2, 0) is 4.79 Å². The molecular weight excluding hydrogens is 202 g/mol. The normalized spacial score (nSPS) is 19.8. The summed E-state index contributed by atoms with van der Waals surface area (Å²) < 4.78 is 5.74. The maximum absolute atomic E-state index is 11.7. The summed E-state index contributed by atoms with van der Waals surface area (Å²) in [5.74, 6) is 1.14. The third-order valence-corrected chi connectivity index (χ3v) is 2.85. The molecular formula is C13H17NO2. The van der Waals surface area contributed by atoms with Crippen molar-refractivity contribution in [2.24, 2.45) is 5.92 Å². The molecule has 1 heterocycles. The molecule has 0 aromatic heterocycles. The number of anilines is 1. The molecule has 86 valence electrons. The van der Waals surface area contributed by atoms with Gasteiger partial charge in [-0.3, -0.25) is 4.79 Å². The summed E-state index contributed by atoms with van der Waals surface area (Å²) in [6.07, 6.45) is 0. The monoisotopic (exact) mass is 219 g/mol. The SMILES string of the molecule is CC1COc2c(cccc2C(C)C)NC1=O. The van der Waals surface area contributed by atoms with Crippen LogP contribution in [0.5, 0.6) is 5.75 Å². The van der Waals surface area contributed by atoms with Gasteiger partial charge in [-0.05, 0) is 17.5 Å². The van der Waals surface area contributed by atoms with Crippen LogP contribution in [0.15, 0.2) is 18.2 Å². The largest absolute Gasteiger partial charge is 0.490 e. The predicted octanol–water partition coefficient (Wildman–Crippen LogP) is 2.78. The minimum Gasteiger partial charge on any atom is -0.490 e. The van der Waals surface area contributed by atoms with Gasteiger partial charge in [0.05, 0.1) is 18.2 Å². The highest BCUT2D eigenvalue weighted by molar-refractivity contribution is 5.94. The average molecular weight is 219 g/mol. The molecule has 2 rings (SSSR count). The van der Waals surface area contributed by atoms with Gasteiger partial charge in [0.15, 0.2) is 0 Å². The molecule has 1 N–H and O–H groups in total. The molecule has 1 aromatic rings. The quantitative estimate of drug-likeness (QED) is 0.788. The Hall–Kier alpha value is -1.51. The van der Waals surface area contributed by atoms with Crippen LogP contribution in [0.2, 0.25) is 0 Å². The number of carbonyl (C=O) groups is 1. The summed E-state index contributed by atoms with van der Waals surface area (Å²) in [7, 11) is 0. The molecule has 0 spiro atoms. The van der Waals surface area contributed by atoms with Crippen LogP contribution in [-0.4, -0.2) is 12.5 Å². The second-order valence-corrected chi connectivity index (χ2v) is 4.58. The lowest BCUT2D eigenvalue weighted by molar-refractivity contribution is -0.119. The van der Waals surface area contributed by atoms with Gasteiger partial charge in [0, 0.05) is 0 Å². The van der Waals surface area contributed by atoms with Gasteiger partial charge in [-0.15, -0.1) is 0 Å². The third-order valence-electron chi connectivity index (χ3n) is 2.85. The number of ether oxygens (including phenoxy) is 1. The minimum atomic E-state index is -0.104. The number of para-hydroxylation sites is 1. The van der Waals surface area contributed by atoms with Crippen molar-refractivity contribution in [3.05, 3.63) is 23.8 Å². The highest BCUT2D eigenvalue weighted by Crippen LogP contribution is 2.35. The fourth-order valence-electron chi connectivity index (χ4n) is 1.81. The van der Waals surface area contributed by atoms with Crippen LogP contribution in [0.3, 0.4) is 0 Å². The summed E-state index contributed by atoms with van der Waals surface area (Å²) in [6, 6.07) is 5.89. The number of rotatable bonds is 1. The van der Waals surface area contributed by atoms with E-state index in [9.17, 15) is 4.79 Å². The first kappa shape index (κ1) is 11.0. The Labute approximate surface area is 95.8 Å². The Bertz CT molecular complexity index is 412. The number of hydrogen-bond donors (Lipinski definition) is 1. The van der Waals surface area contributed by atoms with E-state index in [0.29, 0.717) is 12.5 Å². The van der Waals surface area contributed by atoms with Gasteiger partial charge in [0.25, 0.3) is 0 Å². The molecule has 1 unspecified atom stereocenters. The van der Waals surface area contributed by atoms with Gasteiger partial charge in [0.2, 0.25) is 5.91 Å². The zero-order chi connectivity index (χ0) is 11.7. The number of fused-ring (bicyclic) bond motifs is 1. The fourth-order valence-corrected chi connectivity index (χ4v) is 1.81. The van der Waals surface area contributed by atoms with Gasteiger partial charge in [-0.1, -0.05) is 32.9 Å². The Morgan fingerprint density at radius 2 is 2.19 bits per heavy atom. The number of hydrogen-bond acceptors (Lipinski definition) is 2. The van der Waals surface area contributed by atoms with Gasteiger partial charge < -0.3 is 10.1 Å². The number of nitrogens with one attached hydrogen (secondary N) is 1. The highest BCUT2D eigenvalue weighted by Gasteiger charge is 2.23. The molecule has 1 amide bonds. The van der Waals surface area contributed by atoms with Crippen molar-refractivity contribution >= 4 is 11.6 Å².